The molecule has 0 aliphatic heterocycles. The first-order valence-corrected chi connectivity index (χ1v) is 10.7. The predicted octanol–water partition coefficient (Wildman–Crippen LogP) is 4.17. The van der Waals surface area contributed by atoms with Crippen LogP contribution in [0.25, 0.3) is 0 Å². The second-order valence-corrected chi connectivity index (χ2v) is 7.35. The van der Waals surface area contributed by atoms with Crippen molar-refractivity contribution in [2.45, 2.75) is 39.7 Å². The first-order valence-electron chi connectivity index (χ1n) is 9.85. The summed E-state index contributed by atoms with van der Waals surface area (Å²) >= 11 is 1.73. The van der Waals surface area contributed by atoms with Gasteiger partial charge in [-0.25, -0.2) is 9.98 Å². The molecular weight excluding hydrogens is 499 g/mol. The molecule has 2 rings (SSSR count). The Kier molecular flexibility index (Phi) is 13.7. The van der Waals surface area contributed by atoms with Crippen molar-refractivity contribution in [2.75, 3.05) is 33.4 Å². The van der Waals surface area contributed by atoms with Crippen LogP contribution in [0.4, 0.5) is 0 Å². The van der Waals surface area contributed by atoms with Crippen LogP contribution >= 0.6 is 35.3 Å². The number of guanidine groups is 1. The summed E-state index contributed by atoms with van der Waals surface area (Å²) in [5.41, 5.74) is 2.25. The predicted molar refractivity (Wildman–Crippen MR) is 132 cm³/mol. The molecule has 0 atom stereocenters. The zero-order chi connectivity index (χ0) is 20.0. The number of ether oxygens (including phenoxy) is 2. The van der Waals surface area contributed by atoms with Crippen LogP contribution in [0.15, 0.2) is 34.6 Å². The Morgan fingerprint density at radius 3 is 2.48 bits per heavy atom. The molecule has 0 saturated carbocycles. The van der Waals surface area contributed by atoms with Crippen LogP contribution < -0.4 is 15.4 Å². The normalized spacial score (nSPS) is 11.1. The van der Waals surface area contributed by atoms with E-state index in [9.17, 15) is 0 Å². The maximum atomic E-state index is 5.40. The summed E-state index contributed by atoms with van der Waals surface area (Å²) in [5.74, 6) is 1.69. The number of rotatable bonds is 12. The molecule has 0 aliphatic carbocycles. The highest BCUT2D eigenvalue weighted by atomic mass is 127. The summed E-state index contributed by atoms with van der Waals surface area (Å²) < 4.78 is 10.6. The molecule has 2 aromatic rings. The number of nitrogens with one attached hydrogen (secondary N) is 2. The van der Waals surface area contributed by atoms with Crippen molar-refractivity contribution in [2.24, 2.45) is 4.99 Å². The highest BCUT2D eigenvalue weighted by molar-refractivity contribution is 14.0. The van der Waals surface area contributed by atoms with Gasteiger partial charge in [0.25, 0.3) is 0 Å². The zero-order valence-electron chi connectivity index (χ0n) is 17.6. The van der Waals surface area contributed by atoms with Gasteiger partial charge in [0.2, 0.25) is 0 Å². The van der Waals surface area contributed by atoms with Gasteiger partial charge in [-0.1, -0.05) is 12.1 Å². The summed E-state index contributed by atoms with van der Waals surface area (Å²) in [5, 5.41) is 10.1. The lowest BCUT2D eigenvalue weighted by Crippen LogP contribution is -2.38. The Morgan fingerprint density at radius 1 is 1.14 bits per heavy atom. The van der Waals surface area contributed by atoms with Crippen LogP contribution in [-0.4, -0.2) is 44.4 Å². The van der Waals surface area contributed by atoms with Crippen molar-refractivity contribution in [3.05, 3.63) is 45.9 Å². The molecule has 29 heavy (non-hydrogen) atoms. The molecule has 8 heteroatoms. The second-order valence-electron chi connectivity index (χ2n) is 6.40. The third-order valence-corrected chi connectivity index (χ3v) is 5.09. The van der Waals surface area contributed by atoms with Crippen LogP contribution in [0.2, 0.25) is 0 Å². The molecule has 1 aromatic carbocycles. The number of hydrogen-bond donors (Lipinski definition) is 2. The maximum absolute atomic E-state index is 5.40. The number of aliphatic imine (C=N–C) groups is 1. The fourth-order valence-electron chi connectivity index (χ4n) is 2.56. The molecule has 2 N–H and O–H groups in total. The van der Waals surface area contributed by atoms with E-state index in [1.54, 1.807) is 18.4 Å². The molecule has 0 bridgehead atoms. The lowest BCUT2D eigenvalue weighted by molar-refractivity contribution is 0.145. The number of methoxy groups -OCH3 is 1. The maximum Gasteiger partial charge on any atom is 0.191 e. The van der Waals surface area contributed by atoms with Crippen LogP contribution in [-0.2, 0) is 17.7 Å². The molecule has 0 amide bonds. The number of nitrogens with zero attached hydrogens (tertiary/aromatic N) is 2. The Bertz CT molecular complexity index is 707. The van der Waals surface area contributed by atoms with Crippen molar-refractivity contribution in [1.29, 1.82) is 0 Å². The van der Waals surface area contributed by atoms with E-state index < -0.39 is 0 Å². The van der Waals surface area contributed by atoms with Gasteiger partial charge in [-0.3, -0.25) is 0 Å². The summed E-state index contributed by atoms with van der Waals surface area (Å²) in [4.78, 5) is 9.23. The van der Waals surface area contributed by atoms with Gasteiger partial charge >= 0.3 is 0 Å². The summed E-state index contributed by atoms with van der Waals surface area (Å²) in [6, 6.07) is 8.01. The van der Waals surface area contributed by atoms with E-state index in [1.807, 2.05) is 38.1 Å². The van der Waals surface area contributed by atoms with Gasteiger partial charge in [0.05, 0.1) is 18.7 Å². The molecule has 0 fully saturated rings. The molecule has 0 spiro atoms. The highest BCUT2D eigenvalue weighted by Gasteiger charge is 2.02. The molecule has 0 unspecified atom stereocenters. The van der Waals surface area contributed by atoms with E-state index in [0.717, 1.165) is 68.5 Å². The molecular formula is C21H33IN4O2S. The largest absolute Gasteiger partial charge is 0.497 e. The van der Waals surface area contributed by atoms with Crippen LogP contribution in [0.3, 0.4) is 0 Å². The summed E-state index contributed by atoms with van der Waals surface area (Å²) in [7, 11) is 1.67. The summed E-state index contributed by atoms with van der Waals surface area (Å²) in [6.45, 7) is 7.88. The molecule has 0 aliphatic rings. The van der Waals surface area contributed by atoms with Crippen LogP contribution in [0, 0.1) is 6.92 Å². The minimum absolute atomic E-state index is 0. The average Bonchev–Trinajstić information content (AvgIpc) is 3.14. The standard InChI is InChI=1S/C21H32N4O2S.HI/c1-4-27-14-6-13-23-21(22-12-5-7-20-25-17(2)16-28-20)24-15-18-8-10-19(26-3)11-9-18;/h8-11,16H,4-7,12-15H2,1-3H3,(H2,22,23,24);1H. The van der Waals surface area contributed by atoms with Crippen LogP contribution in [0.5, 0.6) is 5.75 Å². The second kappa shape index (κ2) is 15.4. The number of hydrogen-bond acceptors (Lipinski definition) is 5. The molecule has 0 radical (unpaired) electrons. The molecule has 162 valence electrons. The number of thiazole rings is 1. The Balaban J connectivity index is 0.00000420. The fraction of sp³-hybridized carbons (Fsp3) is 0.524. The minimum Gasteiger partial charge on any atom is -0.497 e. The van der Waals surface area contributed by atoms with E-state index in [1.165, 1.54) is 5.01 Å². The van der Waals surface area contributed by atoms with Crippen LogP contribution in [0.1, 0.15) is 36.0 Å². The van der Waals surface area contributed by atoms with Gasteiger partial charge < -0.3 is 20.1 Å². The number of aromatic nitrogens is 1. The van der Waals surface area contributed by atoms with Gasteiger partial charge in [0, 0.05) is 43.8 Å². The SMILES string of the molecule is CCOCCCNC(=NCc1ccc(OC)cc1)NCCCc1nc(C)cs1.I. The smallest absolute Gasteiger partial charge is 0.191 e. The third kappa shape index (κ3) is 10.8. The average molecular weight is 532 g/mol. The minimum atomic E-state index is 0. The zero-order valence-corrected chi connectivity index (χ0v) is 20.7. The fourth-order valence-corrected chi connectivity index (χ4v) is 3.38. The molecule has 1 heterocycles. The number of halogens is 1. The van der Waals surface area contributed by atoms with E-state index in [0.29, 0.717) is 6.54 Å². The third-order valence-electron chi connectivity index (χ3n) is 4.07. The topological polar surface area (TPSA) is 67.8 Å². The Hall–Kier alpha value is -1.39. The quantitative estimate of drug-likeness (QED) is 0.186. The number of benzene rings is 1. The Morgan fingerprint density at radius 2 is 1.86 bits per heavy atom. The van der Waals surface area contributed by atoms with Crippen molar-refractivity contribution >= 4 is 41.3 Å². The van der Waals surface area contributed by atoms with E-state index in [4.69, 9.17) is 14.5 Å². The lowest BCUT2D eigenvalue weighted by atomic mass is 10.2. The van der Waals surface area contributed by atoms with E-state index >= 15 is 0 Å². The first-order chi connectivity index (χ1) is 13.7. The Labute approximate surface area is 195 Å². The van der Waals surface area contributed by atoms with E-state index in [2.05, 4.69) is 21.0 Å². The first kappa shape index (κ1) is 25.6. The van der Waals surface area contributed by atoms with Crippen molar-refractivity contribution < 1.29 is 9.47 Å². The summed E-state index contributed by atoms with van der Waals surface area (Å²) in [6.07, 6.45) is 2.96. The van der Waals surface area contributed by atoms with Crippen molar-refractivity contribution in [3.63, 3.8) is 0 Å². The number of aryl methyl sites for hydroxylation is 2. The highest BCUT2D eigenvalue weighted by Crippen LogP contribution is 2.12. The van der Waals surface area contributed by atoms with Crippen molar-refractivity contribution in [1.82, 2.24) is 15.6 Å². The lowest BCUT2D eigenvalue weighted by Gasteiger charge is -2.12. The van der Waals surface area contributed by atoms with E-state index in [-0.39, 0.29) is 24.0 Å². The van der Waals surface area contributed by atoms with Gasteiger partial charge in [-0.05, 0) is 44.4 Å². The van der Waals surface area contributed by atoms with Gasteiger partial charge in [-0.2, -0.15) is 0 Å². The molecule has 1 aromatic heterocycles. The van der Waals surface area contributed by atoms with Crippen molar-refractivity contribution in [3.8, 4) is 5.75 Å². The van der Waals surface area contributed by atoms with Gasteiger partial charge in [0.1, 0.15) is 5.75 Å². The van der Waals surface area contributed by atoms with Gasteiger partial charge in [-0.15, -0.1) is 35.3 Å². The molecule has 6 nitrogen and oxygen atoms in total. The van der Waals surface area contributed by atoms with Gasteiger partial charge in [0.15, 0.2) is 5.96 Å². The molecule has 0 saturated heterocycles. The monoisotopic (exact) mass is 532 g/mol.